The summed E-state index contributed by atoms with van der Waals surface area (Å²) in [5, 5.41) is 0. The number of nitrogens with two attached hydrogens (primary N) is 1. The molecule has 2 aromatic rings. The topological polar surface area (TPSA) is 53.7 Å². The largest absolute Gasteiger partial charge is 0.493 e. The molecule has 2 aromatic carbocycles. The lowest BCUT2D eigenvalue weighted by molar-refractivity contribution is 0.347. The number of ether oxygens (including phenoxy) is 3. The molecule has 0 unspecified atom stereocenters. The zero-order chi connectivity index (χ0) is 13.8. The van der Waals surface area contributed by atoms with E-state index in [-0.39, 0.29) is 0 Å². The van der Waals surface area contributed by atoms with Crippen molar-refractivity contribution < 1.29 is 14.2 Å². The maximum Gasteiger partial charge on any atom is 0.211 e. The molecule has 0 saturated heterocycles. The zero-order valence-corrected chi connectivity index (χ0v) is 12.2. The summed E-state index contributed by atoms with van der Waals surface area (Å²) in [6.45, 7) is 0. The zero-order valence-electron chi connectivity index (χ0n) is 10.6. The minimum Gasteiger partial charge on any atom is -0.493 e. The van der Waals surface area contributed by atoms with Gasteiger partial charge in [-0.3, -0.25) is 0 Å². The second-order valence-electron chi connectivity index (χ2n) is 3.78. The molecule has 0 spiro atoms. The Hall–Kier alpha value is -1.88. The molecule has 0 radical (unpaired) electrons. The van der Waals surface area contributed by atoms with Crippen molar-refractivity contribution in [3.05, 3.63) is 40.9 Å². The van der Waals surface area contributed by atoms with Crippen LogP contribution in [0.5, 0.6) is 23.0 Å². The summed E-state index contributed by atoms with van der Waals surface area (Å²) < 4.78 is 17.2. The van der Waals surface area contributed by atoms with Gasteiger partial charge in [0.1, 0.15) is 0 Å². The summed E-state index contributed by atoms with van der Waals surface area (Å²) in [4.78, 5) is 0. The molecule has 0 aliphatic carbocycles. The van der Waals surface area contributed by atoms with Crippen LogP contribution in [0.3, 0.4) is 0 Å². The molecule has 100 valence electrons. The van der Waals surface area contributed by atoms with Crippen LogP contribution in [0.25, 0.3) is 0 Å². The van der Waals surface area contributed by atoms with E-state index in [1.807, 2.05) is 12.1 Å². The van der Waals surface area contributed by atoms with Gasteiger partial charge in [0.25, 0.3) is 0 Å². The summed E-state index contributed by atoms with van der Waals surface area (Å²) in [5.74, 6) is 2.22. The molecule has 2 rings (SSSR count). The van der Waals surface area contributed by atoms with Crippen LogP contribution < -0.4 is 19.9 Å². The first-order chi connectivity index (χ1) is 9.15. The SMILES string of the molecule is COc1cccc(OC)c1Oc1ccc(Br)cc1N. The molecular weight excluding hydrogens is 310 g/mol. The summed E-state index contributed by atoms with van der Waals surface area (Å²) in [6, 6.07) is 10.8. The van der Waals surface area contributed by atoms with Crippen LogP contribution in [0.2, 0.25) is 0 Å². The van der Waals surface area contributed by atoms with Crippen LogP contribution in [-0.4, -0.2) is 14.2 Å². The Balaban J connectivity index is 2.42. The minimum absolute atomic E-state index is 0.501. The standard InChI is InChI=1S/C14H14BrNO3/c1-17-12-4-3-5-13(18-2)14(12)19-11-7-6-9(15)8-10(11)16/h3-8H,16H2,1-2H3. The first kappa shape index (κ1) is 13.5. The Labute approximate surface area is 120 Å². The van der Waals surface area contributed by atoms with Crippen molar-refractivity contribution in [1.29, 1.82) is 0 Å². The van der Waals surface area contributed by atoms with Gasteiger partial charge in [-0.15, -0.1) is 0 Å². The van der Waals surface area contributed by atoms with Gasteiger partial charge in [-0.25, -0.2) is 0 Å². The highest BCUT2D eigenvalue weighted by Crippen LogP contribution is 2.41. The third-order valence-corrected chi connectivity index (χ3v) is 3.06. The second kappa shape index (κ2) is 5.84. The number of hydrogen-bond acceptors (Lipinski definition) is 4. The van der Waals surface area contributed by atoms with E-state index in [0.29, 0.717) is 28.7 Å². The number of benzene rings is 2. The number of rotatable bonds is 4. The van der Waals surface area contributed by atoms with Gasteiger partial charge < -0.3 is 19.9 Å². The van der Waals surface area contributed by atoms with Crippen LogP contribution in [0.1, 0.15) is 0 Å². The van der Waals surface area contributed by atoms with Gasteiger partial charge >= 0.3 is 0 Å². The van der Waals surface area contributed by atoms with Gasteiger partial charge in [-0.1, -0.05) is 22.0 Å². The number of para-hydroxylation sites is 1. The average molecular weight is 324 g/mol. The second-order valence-corrected chi connectivity index (χ2v) is 4.69. The lowest BCUT2D eigenvalue weighted by Gasteiger charge is -2.15. The average Bonchev–Trinajstić information content (AvgIpc) is 2.42. The number of nitrogen functional groups attached to an aromatic ring is 1. The van der Waals surface area contributed by atoms with Gasteiger partial charge in [-0.2, -0.15) is 0 Å². The Bertz CT molecular complexity index is 565. The molecule has 19 heavy (non-hydrogen) atoms. The number of methoxy groups -OCH3 is 2. The highest BCUT2D eigenvalue weighted by Gasteiger charge is 2.13. The number of hydrogen-bond donors (Lipinski definition) is 1. The molecule has 4 nitrogen and oxygen atoms in total. The van der Waals surface area contributed by atoms with Crippen LogP contribution in [0, 0.1) is 0 Å². The molecule has 0 aliphatic heterocycles. The summed E-state index contributed by atoms with van der Waals surface area (Å²) >= 11 is 3.35. The fraction of sp³-hybridized carbons (Fsp3) is 0.143. The third kappa shape index (κ3) is 2.93. The van der Waals surface area contributed by atoms with Gasteiger partial charge in [0.2, 0.25) is 5.75 Å². The van der Waals surface area contributed by atoms with Crippen molar-refractivity contribution in [3.63, 3.8) is 0 Å². The minimum atomic E-state index is 0.501. The Morgan fingerprint density at radius 1 is 0.947 bits per heavy atom. The van der Waals surface area contributed by atoms with Gasteiger partial charge in [0.05, 0.1) is 19.9 Å². The highest BCUT2D eigenvalue weighted by molar-refractivity contribution is 9.10. The first-order valence-corrected chi connectivity index (χ1v) is 6.39. The molecule has 0 fully saturated rings. The maximum absolute atomic E-state index is 5.92. The van der Waals surface area contributed by atoms with E-state index in [0.717, 1.165) is 4.47 Å². The van der Waals surface area contributed by atoms with E-state index in [4.69, 9.17) is 19.9 Å². The number of halogens is 1. The molecule has 0 aromatic heterocycles. The van der Waals surface area contributed by atoms with Crippen molar-refractivity contribution in [2.24, 2.45) is 0 Å². The van der Waals surface area contributed by atoms with Crippen molar-refractivity contribution in [3.8, 4) is 23.0 Å². The van der Waals surface area contributed by atoms with E-state index < -0.39 is 0 Å². The summed E-state index contributed by atoms with van der Waals surface area (Å²) in [6.07, 6.45) is 0. The smallest absolute Gasteiger partial charge is 0.211 e. The predicted octanol–water partition coefficient (Wildman–Crippen LogP) is 3.84. The van der Waals surface area contributed by atoms with E-state index in [1.165, 1.54) is 0 Å². The maximum atomic E-state index is 5.92. The Morgan fingerprint density at radius 2 is 1.58 bits per heavy atom. The predicted molar refractivity (Wildman–Crippen MR) is 78.2 cm³/mol. The monoisotopic (exact) mass is 323 g/mol. The first-order valence-electron chi connectivity index (χ1n) is 5.59. The van der Waals surface area contributed by atoms with Crippen molar-refractivity contribution >= 4 is 21.6 Å². The van der Waals surface area contributed by atoms with Crippen molar-refractivity contribution in [2.45, 2.75) is 0 Å². The Morgan fingerprint density at radius 3 is 2.11 bits per heavy atom. The summed E-state index contributed by atoms with van der Waals surface area (Å²) in [5.41, 5.74) is 6.45. The van der Waals surface area contributed by atoms with E-state index in [9.17, 15) is 0 Å². The van der Waals surface area contributed by atoms with Crippen molar-refractivity contribution in [1.82, 2.24) is 0 Å². The van der Waals surface area contributed by atoms with Crippen LogP contribution in [0.15, 0.2) is 40.9 Å². The van der Waals surface area contributed by atoms with Gasteiger partial charge in [-0.05, 0) is 30.3 Å². The quantitative estimate of drug-likeness (QED) is 0.868. The van der Waals surface area contributed by atoms with Crippen LogP contribution in [0.4, 0.5) is 5.69 Å². The number of anilines is 1. The van der Waals surface area contributed by atoms with Crippen LogP contribution >= 0.6 is 15.9 Å². The lowest BCUT2D eigenvalue weighted by Crippen LogP contribution is -1.96. The molecular formula is C14H14BrNO3. The van der Waals surface area contributed by atoms with E-state index in [2.05, 4.69) is 15.9 Å². The summed E-state index contributed by atoms with van der Waals surface area (Å²) in [7, 11) is 3.15. The molecule has 5 heteroatoms. The van der Waals surface area contributed by atoms with Crippen LogP contribution in [-0.2, 0) is 0 Å². The fourth-order valence-electron chi connectivity index (χ4n) is 1.64. The molecule has 0 atom stereocenters. The molecule has 0 heterocycles. The van der Waals surface area contributed by atoms with Gasteiger partial charge in [0, 0.05) is 4.47 Å². The van der Waals surface area contributed by atoms with E-state index >= 15 is 0 Å². The Kier molecular flexibility index (Phi) is 4.16. The highest BCUT2D eigenvalue weighted by atomic mass is 79.9. The third-order valence-electron chi connectivity index (χ3n) is 2.57. The molecule has 0 amide bonds. The van der Waals surface area contributed by atoms with Crippen molar-refractivity contribution in [2.75, 3.05) is 20.0 Å². The lowest BCUT2D eigenvalue weighted by atomic mass is 10.2. The fourth-order valence-corrected chi connectivity index (χ4v) is 2.02. The molecule has 2 N–H and O–H groups in total. The normalized spacial score (nSPS) is 10.1. The molecule has 0 bridgehead atoms. The molecule has 0 saturated carbocycles. The molecule has 0 aliphatic rings. The van der Waals surface area contributed by atoms with Gasteiger partial charge in [0.15, 0.2) is 17.2 Å². The van der Waals surface area contributed by atoms with E-state index in [1.54, 1.807) is 38.5 Å².